The Morgan fingerprint density at radius 1 is 1.00 bits per heavy atom. The number of para-hydroxylation sites is 1. The van der Waals surface area contributed by atoms with Crippen LogP contribution in [0, 0.1) is 5.82 Å². The number of hydrogen-bond acceptors (Lipinski definition) is 4. The molecule has 0 radical (unpaired) electrons. The molecule has 2 N–H and O–H groups in total. The van der Waals surface area contributed by atoms with Crippen LogP contribution >= 0.6 is 11.3 Å². The number of hydrogen-bond donors (Lipinski definition) is 2. The zero-order chi connectivity index (χ0) is 21.2. The van der Waals surface area contributed by atoms with E-state index in [1.54, 1.807) is 30.3 Å². The number of nitrogens with one attached hydrogen (secondary N) is 2. The molecule has 1 heterocycles. The molecule has 0 aliphatic rings. The lowest BCUT2D eigenvalue weighted by Gasteiger charge is -2.18. The lowest BCUT2D eigenvalue weighted by molar-refractivity contribution is -0.122. The quantitative estimate of drug-likeness (QED) is 0.485. The summed E-state index contributed by atoms with van der Waals surface area (Å²) in [5.41, 5.74) is 0.951. The summed E-state index contributed by atoms with van der Waals surface area (Å²) in [4.78, 5) is 25.7. The zero-order valence-electron chi connectivity index (χ0n) is 16.3. The topological polar surface area (TPSA) is 67.4 Å². The van der Waals surface area contributed by atoms with E-state index < -0.39 is 11.9 Å². The second-order valence-corrected chi connectivity index (χ2v) is 7.56. The number of rotatable bonds is 10. The first-order chi connectivity index (χ1) is 14.6. The van der Waals surface area contributed by atoms with Gasteiger partial charge in [0.1, 0.15) is 6.04 Å². The van der Waals surface area contributed by atoms with Crippen LogP contribution < -0.4 is 15.4 Å². The van der Waals surface area contributed by atoms with Gasteiger partial charge in [0.2, 0.25) is 5.91 Å². The summed E-state index contributed by atoms with van der Waals surface area (Å²) in [5, 5.41) is 7.47. The number of halogens is 1. The van der Waals surface area contributed by atoms with Crippen LogP contribution in [-0.4, -0.2) is 31.0 Å². The minimum Gasteiger partial charge on any atom is -0.490 e. The van der Waals surface area contributed by atoms with Crippen molar-refractivity contribution < 1.29 is 18.7 Å². The van der Waals surface area contributed by atoms with Gasteiger partial charge >= 0.3 is 0 Å². The fourth-order valence-corrected chi connectivity index (χ4v) is 3.47. The Morgan fingerprint density at radius 2 is 1.77 bits per heavy atom. The highest BCUT2D eigenvalue weighted by Gasteiger charge is 2.22. The van der Waals surface area contributed by atoms with Crippen molar-refractivity contribution in [1.82, 2.24) is 10.6 Å². The Balaban J connectivity index is 1.52. The van der Waals surface area contributed by atoms with E-state index in [-0.39, 0.29) is 24.2 Å². The summed E-state index contributed by atoms with van der Waals surface area (Å²) in [6.45, 7) is 0.625. The maximum atomic E-state index is 13.5. The van der Waals surface area contributed by atoms with Crippen LogP contribution in [0.4, 0.5) is 4.39 Å². The molecule has 0 spiro atoms. The molecule has 0 unspecified atom stereocenters. The van der Waals surface area contributed by atoms with E-state index in [1.165, 1.54) is 17.4 Å². The van der Waals surface area contributed by atoms with E-state index in [0.717, 1.165) is 5.56 Å². The fraction of sp³-hybridized carbons (Fsp3) is 0.217. The van der Waals surface area contributed by atoms with E-state index in [1.807, 2.05) is 35.7 Å². The Labute approximate surface area is 178 Å². The Morgan fingerprint density at radius 3 is 2.50 bits per heavy atom. The average molecular weight is 427 g/mol. The van der Waals surface area contributed by atoms with Gasteiger partial charge in [0, 0.05) is 13.0 Å². The van der Waals surface area contributed by atoms with Crippen molar-refractivity contribution in [1.29, 1.82) is 0 Å². The van der Waals surface area contributed by atoms with E-state index in [9.17, 15) is 14.0 Å². The average Bonchev–Trinajstić information content (AvgIpc) is 3.30. The SMILES string of the molecule is O=C(N[C@@H](Cc1ccccc1)C(=O)NCCCOc1ccccc1F)c1cccs1. The van der Waals surface area contributed by atoms with Crippen LogP contribution in [0.1, 0.15) is 21.7 Å². The summed E-state index contributed by atoms with van der Waals surface area (Å²) >= 11 is 1.32. The number of ether oxygens (including phenoxy) is 1. The predicted molar refractivity (Wildman–Crippen MR) is 115 cm³/mol. The fourth-order valence-electron chi connectivity index (χ4n) is 2.85. The van der Waals surface area contributed by atoms with Gasteiger partial charge in [-0.2, -0.15) is 0 Å². The third-order valence-corrected chi connectivity index (χ3v) is 5.23. The molecule has 2 amide bonds. The van der Waals surface area contributed by atoms with Crippen LogP contribution in [0.3, 0.4) is 0 Å². The van der Waals surface area contributed by atoms with Crippen molar-refractivity contribution in [3.8, 4) is 5.75 Å². The molecule has 0 aliphatic carbocycles. The van der Waals surface area contributed by atoms with Crippen molar-refractivity contribution in [3.05, 3.63) is 88.4 Å². The van der Waals surface area contributed by atoms with Crippen molar-refractivity contribution >= 4 is 23.2 Å². The molecule has 0 saturated heterocycles. The Hall–Kier alpha value is -3.19. The molecule has 156 valence electrons. The van der Waals surface area contributed by atoms with Crippen molar-refractivity contribution in [2.24, 2.45) is 0 Å². The second-order valence-electron chi connectivity index (χ2n) is 6.62. The monoisotopic (exact) mass is 426 g/mol. The molecule has 7 heteroatoms. The van der Waals surface area contributed by atoms with Gasteiger partial charge < -0.3 is 15.4 Å². The molecule has 5 nitrogen and oxygen atoms in total. The van der Waals surface area contributed by atoms with Crippen molar-refractivity contribution in [2.75, 3.05) is 13.2 Å². The number of amides is 2. The summed E-state index contributed by atoms with van der Waals surface area (Å²) in [6.07, 6.45) is 0.895. The smallest absolute Gasteiger partial charge is 0.262 e. The van der Waals surface area contributed by atoms with Gasteiger partial charge in [0.05, 0.1) is 11.5 Å². The molecule has 0 bridgehead atoms. The summed E-state index contributed by atoms with van der Waals surface area (Å²) in [5.74, 6) is -0.770. The molecular formula is C23H23FN2O3S. The highest BCUT2D eigenvalue weighted by atomic mass is 32.1. The highest BCUT2D eigenvalue weighted by molar-refractivity contribution is 7.12. The van der Waals surface area contributed by atoms with Crippen LogP contribution in [0.15, 0.2) is 72.1 Å². The second kappa shape index (κ2) is 11.1. The Kier molecular flexibility index (Phi) is 7.97. The molecule has 0 saturated carbocycles. The van der Waals surface area contributed by atoms with Gasteiger partial charge in [0.25, 0.3) is 5.91 Å². The maximum Gasteiger partial charge on any atom is 0.262 e. The zero-order valence-corrected chi connectivity index (χ0v) is 17.2. The van der Waals surface area contributed by atoms with Gasteiger partial charge in [-0.05, 0) is 35.6 Å². The van der Waals surface area contributed by atoms with Crippen LogP contribution in [0.5, 0.6) is 5.75 Å². The minimum atomic E-state index is -0.700. The third kappa shape index (κ3) is 6.42. The van der Waals surface area contributed by atoms with Crippen molar-refractivity contribution in [3.63, 3.8) is 0 Å². The molecular weight excluding hydrogens is 403 g/mol. The van der Waals surface area contributed by atoms with Gasteiger partial charge in [-0.15, -0.1) is 11.3 Å². The molecule has 1 aromatic heterocycles. The number of carbonyl (C=O) groups is 2. The van der Waals surface area contributed by atoms with E-state index in [0.29, 0.717) is 24.3 Å². The summed E-state index contributed by atoms with van der Waals surface area (Å²) < 4.78 is 18.9. The van der Waals surface area contributed by atoms with Crippen LogP contribution in [0.25, 0.3) is 0 Å². The van der Waals surface area contributed by atoms with E-state index >= 15 is 0 Å². The molecule has 0 fully saturated rings. The van der Waals surface area contributed by atoms with Crippen LogP contribution in [-0.2, 0) is 11.2 Å². The van der Waals surface area contributed by atoms with Gasteiger partial charge in [-0.1, -0.05) is 48.5 Å². The lowest BCUT2D eigenvalue weighted by Crippen LogP contribution is -2.48. The largest absolute Gasteiger partial charge is 0.490 e. The molecule has 3 aromatic rings. The predicted octanol–water partition coefficient (Wildman–Crippen LogP) is 3.81. The first-order valence-electron chi connectivity index (χ1n) is 9.67. The normalized spacial score (nSPS) is 11.5. The van der Waals surface area contributed by atoms with E-state index in [2.05, 4.69) is 10.6 Å². The molecule has 3 rings (SSSR count). The van der Waals surface area contributed by atoms with Gasteiger partial charge in [-0.3, -0.25) is 9.59 Å². The van der Waals surface area contributed by atoms with E-state index in [4.69, 9.17) is 4.74 Å². The summed E-state index contributed by atoms with van der Waals surface area (Å²) in [7, 11) is 0. The van der Waals surface area contributed by atoms with Crippen molar-refractivity contribution in [2.45, 2.75) is 18.9 Å². The third-order valence-electron chi connectivity index (χ3n) is 4.36. The van der Waals surface area contributed by atoms with Crippen LogP contribution in [0.2, 0.25) is 0 Å². The highest BCUT2D eigenvalue weighted by Crippen LogP contribution is 2.15. The standard InChI is InChI=1S/C23H23FN2O3S/c24-18-10-4-5-11-20(18)29-14-7-13-25-22(27)19(16-17-8-2-1-3-9-17)26-23(28)21-12-6-15-30-21/h1-6,8-12,15,19H,7,13-14,16H2,(H,25,27)(H,26,28)/t19-/m0/s1. The number of carbonyl (C=O) groups excluding carboxylic acids is 2. The number of thiophene rings is 1. The maximum absolute atomic E-state index is 13.5. The lowest BCUT2D eigenvalue weighted by atomic mass is 10.1. The molecule has 1 atom stereocenters. The minimum absolute atomic E-state index is 0.189. The number of benzene rings is 2. The molecule has 30 heavy (non-hydrogen) atoms. The Bertz CT molecular complexity index is 948. The molecule has 2 aromatic carbocycles. The summed E-state index contributed by atoms with van der Waals surface area (Å²) in [6, 6.07) is 18.5. The van der Waals surface area contributed by atoms with Gasteiger partial charge in [-0.25, -0.2) is 4.39 Å². The first kappa shape index (κ1) is 21.5. The van der Waals surface area contributed by atoms with Gasteiger partial charge in [0.15, 0.2) is 11.6 Å². The first-order valence-corrected chi connectivity index (χ1v) is 10.5. The molecule has 0 aliphatic heterocycles.